The number of carbonyl (C=O) groups is 2. The molecular weight excluding hydrogens is 286 g/mol. The van der Waals surface area contributed by atoms with E-state index in [1.165, 1.54) is 0 Å². The van der Waals surface area contributed by atoms with Crippen LogP contribution in [0.3, 0.4) is 0 Å². The molecule has 6 nitrogen and oxygen atoms in total. The summed E-state index contributed by atoms with van der Waals surface area (Å²) in [4.78, 5) is 24.1. The van der Waals surface area contributed by atoms with Gasteiger partial charge in [-0.3, -0.25) is 9.59 Å². The second-order valence-corrected chi connectivity index (χ2v) is 4.99. The molecule has 1 N–H and O–H groups in total. The van der Waals surface area contributed by atoms with Crippen LogP contribution in [0.25, 0.3) is 0 Å². The number of benzene rings is 1. The van der Waals surface area contributed by atoms with Gasteiger partial charge in [-0.1, -0.05) is 0 Å². The summed E-state index contributed by atoms with van der Waals surface area (Å²) in [7, 11) is 4.87. The Hall–Kier alpha value is -2.24. The Morgan fingerprint density at radius 2 is 1.91 bits per heavy atom. The molecule has 1 amide bonds. The van der Waals surface area contributed by atoms with Crippen molar-refractivity contribution >= 4 is 11.9 Å². The number of carboxylic acid groups (broad SMARTS) is 1. The maximum absolute atomic E-state index is 12.1. The predicted octanol–water partition coefficient (Wildman–Crippen LogP) is 1.96. The molecular formula is C16H23NO5. The van der Waals surface area contributed by atoms with Crippen molar-refractivity contribution in [2.24, 2.45) is 0 Å². The van der Waals surface area contributed by atoms with Gasteiger partial charge in [0.05, 0.1) is 14.2 Å². The van der Waals surface area contributed by atoms with Gasteiger partial charge in [-0.05, 0) is 36.6 Å². The molecule has 0 radical (unpaired) electrons. The highest BCUT2D eigenvalue weighted by Gasteiger charge is 2.12. The molecule has 1 aromatic rings. The van der Waals surface area contributed by atoms with E-state index < -0.39 is 5.97 Å². The number of aliphatic carboxylic acids is 1. The van der Waals surface area contributed by atoms with Crippen molar-refractivity contribution in [3.63, 3.8) is 0 Å². The molecule has 0 saturated carbocycles. The Bertz CT molecular complexity index is 515. The molecule has 1 rings (SSSR count). The van der Waals surface area contributed by atoms with E-state index in [4.69, 9.17) is 14.6 Å². The van der Waals surface area contributed by atoms with E-state index in [9.17, 15) is 9.59 Å². The summed E-state index contributed by atoms with van der Waals surface area (Å²) in [5, 5.41) is 8.59. The Balaban J connectivity index is 2.54. The number of carboxylic acids is 1. The Morgan fingerprint density at radius 3 is 2.50 bits per heavy atom. The van der Waals surface area contributed by atoms with Crippen LogP contribution in [0.4, 0.5) is 0 Å². The lowest BCUT2D eigenvalue weighted by molar-refractivity contribution is -0.138. The first-order chi connectivity index (χ1) is 10.5. The summed E-state index contributed by atoms with van der Waals surface area (Å²) >= 11 is 0. The average molecular weight is 309 g/mol. The second kappa shape index (κ2) is 8.92. The van der Waals surface area contributed by atoms with Gasteiger partial charge in [0.2, 0.25) is 5.91 Å². The highest BCUT2D eigenvalue weighted by Crippen LogP contribution is 2.25. The zero-order valence-corrected chi connectivity index (χ0v) is 13.3. The van der Waals surface area contributed by atoms with Gasteiger partial charge in [0.15, 0.2) is 0 Å². The third-order valence-corrected chi connectivity index (χ3v) is 3.41. The number of amides is 1. The summed E-state index contributed by atoms with van der Waals surface area (Å²) in [5.74, 6) is 0.581. The third-order valence-electron chi connectivity index (χ3n) is 3.41. The minimum Gasteiger partial charge on any atom is -0.497 e. The summed E-state index contributed by atoms with van der Waals surface area (Å²) < 4.78 is 10.5. The molecule has 0 bridgehead atoms. The molecule has 0 aliphatic heterocycles. The number of carbonyl (C=O) groups excluding carboxylic acids is 1. The van der Waals surface area contributed by atoms with Gasteiger partial charge < -0.3 is 19.5 Å². The average Bonchev–Trinajstić information content (AvgIpc) is 2.51. The van der Waals surface area contributed by atoms with Crippen LogP contribution in [0.1, 0.15) is 24.8 Å². The molecule has 0 spiro atoms. The molecule has 0 fully saturated rings. The quantitative estimate of drug-likeness (QED) is 0.754. The summed E-state index contributed by atoms with van der Waals surface area (Å²) in [5.41, 5.74) is 0.911. The molecule has 0 heterocycles. The van der Waals surface area contributed by atoms with Crippen molar-refractivity contribution in [3.8, 4) is 11.5 Å². The van der Waals surface area contributed by atoms with E-state index in [1.54, 1.807) is 26.2 Å². The Morgan fingerprint density at radius 1 is 1.18 bits per heavy atom. The fourth-order valence-corrected chi connectivity index (χ4v) is 2.10. The van der Waals surface area contributed by atoms with E-state index in [2.05, 4.69) is 0 Å². The first-order valence-corrected chi connectivity index (χ1v) is 7.14. The molecule has 122 valence electrons. The second-order valence-electron chi connectivity index (χ2n) is 4.99. The SMILES string of the molecule is COc1ccc(OC)c(CCC(=O)N(C)CCCC(=O)O)c1. The van der Waals surface area contributed by atoms with Crippen LogP contribution in [0.2, 0.25) is 0 Å². The van der Waals surface area contributed by atoms with Gasteiger partial charge in [0, 0.05) is 26.4 Å². The molecule has 0 unspecified atom stereocenters. The zero-order chi connectivity index (χ0) is 16.5. The fourth-order valence-electron chi connectivity index (χ4n) is 2.10. The third kappa shape index (κ3) is 5.63. The highest BCUT2D eigenvalue weighted by atomic mass is 16.5. The number of hydrogen-bond acceptors (Lipinski definition) is 4. The lowest BCUT2D eigenvalue weighted by atomic mass is 10.1. The molecule has 0 aliphatic rings. The predicted molar refractivity (Wildman–Crippen MR) is 82.4 cm³/mol. The molecule has 0 aromatic heterocycles. The minimum absolute atomic E-state index is 0.0183. The standard InChI is InChI=1S/C16H23NO5/c1-17(10-4-5-16(19)20)15(18)9-6-12-11-13(21-2)7-8-14(12)22-3/h7-8,11H,4-6,9-10H2,1-3H3,(H,19,20). The first kappa shape index (κ1) is 17.8. The van der Waals surface area contributed by atoms with Crippen LogP contribution in [-0.2, 0) is 16.0 Å². The lowest BCUT2D eigenvalue weighted by Crippen LogP contribution is -2.28. The van der Waals surface area contributed by atoms with Crippen LogP contribution >= 0.6 is 0 Å². The number of methoxy groups -OCH3 is 2. The van der Waals surface area contributed by atoms with Crippen LogP contribution in [0.5, 0.6) is 11.5 Å². The smallest absolute Gasteiger partial charge is 0.303 e. The topological polar surface area (TPSA) is 76.1 Å². The number of rotatable bonds is 9. The van der Waals surface area contributed by atoms with E-state index >= 15 is 0 Å². The van der Waals surface area contributed by atoms with Gasteiger partial charge >= 0.3 is 5.97 Å². The largest absolute Gasteiger partial charge is 0.497 e. The van der Waals surface area contributed by atoms with Crippen molar-refractivity contribution in [2.75, 3.05) is 27.8 Å². The van der Waals surface area contributed by atoms with Crippen molar-refractivity contribution in [1.82, 2.24) is 4.90 Å². The van der Waals surface area contributed by atoms with E-state index in [1.807, 2.05) is 18.2 Å². The van der Waals surface area contributed by atoms with Crippen LogP contribution in [0.15, 0.2) is 18.2 Å². The number of aryl methyl sites for hydroxylation is 1. The van der Waals surface area contributed by atoms with Crippen molar-refractivity contribution in [1.29, 1.82) is 0 Å². The van der Waals surface area contributed by atoms with Crippen LogP contribution in [0, 0.1) is 0 Å². The van der Waals surface area contributed by atoms with Crippen LogP contribution < -0.4 is 9.47 Å². The van der Waals surface area contributed by atoms with Gasteiger partial charge in [-0.25, -0.2) is 0 Å². The summed E-state index contributed by atoms with van der Waals surface area (Å²) in [6.45, 7) is 0.445. The first-order valence-electron chi connectivity index (χ1n) is 7.14. The maximum Gasteiger partial charge on any atom is 0.303 e. The van der Waals surface area contributed by atoms with Crippen molar-refractivity contribution in [2.45, 2.75) is 25.7 Å². The number of nitrogens with zero attached hydrogens (tertiary/aromatic N) is 1. The van der Waals surface area contributed by atoms with Crippen molar-refractivity contribution in [3.05, 3.63) is 23.8 Å². The van der Waals surface area contributed by atoms with E-state index in [-0.39, 0.29) is 12.3 Å². The molecule has 0 atom stereocenters. The van der Waals surface area contributed by atoms with Crippen molar-refractivity contribution < 1.29 is 24.2 Å². The zero-order valence-electron chi connectivity index (χ0n) is 13.3. The fraction of sp³-hybridized carbons (Fsp3) is 0.500. The van der Waals surface area contributed by atoms with Crippen LogP contribution in [-0.4, -0.2) is 49.7 Å². The number of ether oxygens (including phenoxy) is 2. The number of hydrogen-bond donors (Lipinski definition) is 1. The monoisotopic (exact) mass is 309 g/mol. The Labute approximate surface area is 130 Å². The summed E-state index contributed by atoms with van der Waals surface area (Å²) in [6, 6.07) is 5.48. The van der Waals surface area contributed by atoms with E-state index in [0.29, 0.717) is 25.8 Å². The summed E-state index contributed by atoms with van der Waals surface area (Å²) in [6.07, 6.45) is 1.41. The maximum atomic E-state index is 12.1. The lowest BCUT2D eigenvalue weighted by Gasteiger charge is -2.17. The molecule has 0 aliphatic carbocycles. The van der Waals surface area contributed by atoms with Gasteiger partial charge in [-0.15, -0.1) is 0 Å². The van der Waals surface area contributed by atoms with Gasteiger partial charge in [0.25, 0.3) is 0 Å². The van der Waals surface area contributed by atoms with E-state index in [0.717, 1.165) is 17.1 Å². The molecule has 6 heteroatoms. The minimum atomic E-state index is -0.845. The molecule has 0 saturated heterocycles. The normalized spacial score (nSPS) is 10.1. The Kier molecular flexibility index (Phi) is 7.22. The van der Waals surface area contributed by atoms with Gasteiger partial charge in [0.1, 0.15) is 11.5 Å². The van der Waals surface area contributed by atoms with Gasteiger partial charge in [-0.2, -0.15) is 0 Å². The highest BCUT2D eigenvalue weighted by molar-refractivity contribution is 5.76. The molecule has 1 aromatic carbocycles. The molecule has 22 heavy (non-hydrogen) atoms.